The van der Waals surface area contributed by atoms with Crippen LogP contribution in [0.1, 0.15) is 18.9 Å². The Labute approximate surface area is 183 Å². The molecule has 2 N–H and O–H groups in total. The number of hydrazone groups is 1. The van der Waals surface area contributed by atoms with Crippen LogP contribution in [0.15, 0.2) is 47.6 Å². The number of anilines is 1. The van der Waals surface area contributed by atoms with Gasteiger partial charge in [0, 0.05) is 0 Å². The number of carbonyl (C=O) groups is 3. The smallest absolute Gasteiger partial charge is 0.344 e. The minimum absolute atomic E-state index is 0.191. The fourth-order valence-corrected chi connectivity index (χ4v) is 2.54. The van der Waals surface area contributed by atoms with Gasteiger partial charge in [-0.25, -0.2) is 10.2 Å². The van der Waals surface area contributed by atoms with Crippen molar-refractivity contribution >= 4 is 52.9 Å². The Kier molecular flexibility index (Phi) is 9.11. The van der Waals surface area contributed by atoms with Gasteiger partial charge in [0.05, 0.1) is 28.6 Å². The van der Waals surface area contributed by atoms with Crippen molar-refractivity contribution in [3.05, 3.63) is 58.1 Å². The molecule has 158 valence electrons. The molecule has 8 nitrogen and oxygen atoms in total. The summed E-state index contributed by atoms with van der Waals surface area (Å²) in [7, 11) is 0. The Morgan fingerprint density at radius 2 is 1.87 bits per heavy atom. The minimum Gasteiger partial charge on any atom is -0.482 e. The molecule has 2 amide bonds. The van der Waals surface area contributed by atoms with Crippen LogP contribution < -0.4 is 15.5 Å². The molecule has 0 aromatic heterocycles. The van der Waals surface area contributed by atoms with E-state index in [0.717, 1.165) is 0 Å². The maximum Gasteiger partial charge on any atom is 0.344 e. The normalized spacial score (nSPS) is 10.5. The zero-order chi connectivity index (χ0) is 21.9. The quantitative estimate of drug-likeness (QED) is 0.263. The summed E-state index contributed by atoms with van der Waals surface area (Å²) in [5.74, 6) is -1.21. The fourth-order valence-electron chi connectivity index (χ4n) is 2.19. The van der Waals surface area contributed by atoms with Crippen molar-refractivity contribution in [2.75, 3.05) is 18.5 Å². The number of ether oxygens (including phenoxy) is 2. The number of nitrogens with zero attached hydrogens (tertiary/aromatic N) is 1. The van der Waals surface area contributed by atoms with E-state index in [2.05, 4.69) is 15.8 Å². The Morgan fingerprint density at radius 3 is 2.63 bits per heavy atom. The van der Waals surface area contributed by atoms with Crippen LogP contribution in [0.5, 0.6) is 5.75 Å². The SMILES string of the molecule is CCOC(=O)COc1cccc(C=NNC(=O)CC(=O)Nc2cccc(Cl)c2Cl)c1. The highest BCUT2D eigenvalue weighted by atomic mass is 35.5. The molecule has 0 aliphatic rings. The van der Waals surface area contributed by atoms with Crippen LogP contribution >= 0.6 is 23.2 Å². The minimum atomic E-state index is -0.614. The second-order valence-corrected chi connectivity index (χ2v) is 6.57. The van der Waals surface area contributed by atoms with E-state index >= 15 is 0 Å². The van der Waals surface area contributed by atoms with E-state index in [1.54, 1.807) is 49.4 Å². The predicted molar refractivity (Wildman–Crippen MR) is 114 cm³/mol. The second kappa shape index (κ2) is 11.8. The van der Waals surface area contributed by atoms with Crippen LogP contribution in [0.4, 0.5) is 5.69 Å². The highest BCUT2D eigenvalue weighted by Crippen LogP contribution is 2.29. The lowest BCUT2D eigenvalue weighted by atomic mass is 10.2. The van der Waals surface area contributed by atoms with Gasteiger partial charge in [0.1, 0.15) is 12.2 Å². The fraction of sp³-hybridized carbons (Fsp3) is 0.200. The first-order chi connectivity index (χ1) is 14.4. The number of rotatable bonds is 9. The summed E-state index contributed by atoms with van der Waals surface area (Å²) in [6.45, 7) is 1.77. The number of esters is 1. The Balaban J connectivity index is 1.82. The number of hydrogen-bond donors (Lipinski definition) is 2. The van der Waals surface area contributed by atoms with Gasteiger partial charge in [-0.2, -0.15) is 5.10 Å². The number of carbonyl (C=O) groups excluding carboxylic acids is 3. The van der Waals surface area contributed by atoms with E-state index in [4.69, 9.17) is 32.7 Å². The van der Waals surface area contributed by atoms with Crippen molar-refractivity contribution in [3.63, 3.8) is 0 Å². The molecule has 0 heterocycles. The molecule has 0 saturated carbocycles. The monoisotopic (exact) mass is 451 g/mol. The van der Waals surface area contributed by atoms with Crippen LogP contribution in [-0.2, 0) is 19.1 Å². The van der Waals surface area contributed by atoms with Gasteiger partial charge in [-0.15, -0.1) is 0 Å². The van der Waals surface area contributed by atoms with Gasteiger partial charge in [-0.3, -0.25) is 9.59 Å². The Hall–Kier alpha value is -3.10. The molecule has 0 unspecified atom stereocenters. The molecule has 30 heavy (non-hydrogen) atoms. The maximum absolute atomic E-state index is 12.0. The van der Waals surface area contributed by atoms with Gasteiger partial charge in [0.2, 0.25) is 11.8 Å². The molecule has 0 fully saturated rings. The molecule has 0 radical (unpaired) electrons. The van der Waals surface area contributed by atoms with Gasteiger partial charge < -0.3 is 14.8 Å². The number of hydrogen-bond acceptors (Lipinski definition) is 6. The number of amides is 2. The third-order valence-electron chi connectivity index (χ3n) is 3.47. The zero-order valence-electron chi connectivity index (χ0n) is 16.0. The van der Waals surface area contributed by atoms with Crippen molar-refractivity contribution in [1.82, 2.24) is 5.43 Å². The van der Waals surface area contributed by atoms with Crippen LogP contribution in [0, 0.1) is 0 Å². The largest absolute Gasteiger partial charge is 0.482 e. The van der Waals surface area contributed by atoms with Crippen molar-refractivity contribution in [2.45, 2.75) is 13.3 Å². The average molecular weight is 452 g/mol. The molecule has 2 rings (SSSR count). The molecular formula is C20H19Cl2N3O5. The highest BCUT2D eigenvalue weighted by Gasteiger charge is 2.12. The summed E-state index contributed by atoms with van der Waals surface area (Å²) < 4.78 is 10.1. The van der Waals surface area contributed by atoms with E-state index < -0.39 is 24.2 Å². The standard InChI is InChI=1S/C20H19Cl2N3O5/c1-2-29-19(28)12-30-14-6-3-5-13(9-14)11-23-25-18(27)10-17(26)24-16-8-4-7-15(21)20(16)22/h3-9,11H,2,10,12H2,1H3,(H,24,26)(H,25,27). The lowest BCUT2D eigenvalue weighted by Gasteiger charge is -2.07. The van der Waals surface area contributed by atoms with Crippen molar-refractivity contribution in [1.29, 1.82) is 0 Å². The lowest BCUT2D eigenvalue weighted by molar-refractivity contribution is -0.145. The second-order valence-electron chi connectivity index (χ2n) is 5.79. The first-order valence-corrected chi connectivity index (χ1v) is 9.59. The van der Waals surface area contributed by atoms with E-state index in [1.165, 1.54) is 6.21 Å². The summed E-state index contributed by atoms with van der Waals surface area (Å²) in [5, 5.41) is 6.79. The molecule has 0 spiro atoms. The first-order valence-electron chi connectivity index (χ1n) is 8.83. The van der Waals surface area contributed by atoms with Gasteiger partial charge in [-0.05, 0) is 36.8 Å². The molecule has 0 atom stereocenters. The van der Waals surface area contributed by atoms with Crippen LogP contribution in [0.2, 0.25) is 10.0 Å². The van der Waals surface area contributed by atoms with Crippen molar-refractivity contribution in [3.8, 4) is 5.75 Å². The van der Waals surface area contributed by atoms with Gasteiger partial charge >= 0.3 is 5.97 Å². The summed E-state index contributed by atoms with van der Waals surface area (Å²) in [4.78, 5) is 35.1. The van der Waals surface area contributed by atoms with E-state index in [1.807, 2.05) is 0 Å². The topological polar surface area (TPSA) is 106 Å². The summed E-state index contributed by atoms with van der Waals surface area (Å²) in [5.41, 5.74) is 3.18. The van der Waals surface area contributed by atoms with E-state index in [9.17, 15) is 14.4 Å². The molecular weight excluding hydrogens is 433 g/mol. The predicted octanol–water partition coefficient (Wildman–Crippen LogP) is 3.41. The average Bonchev–Trinajstić information content (AvgIpc) is 2.70. The summed E-state index contributed by atoms with van der Waals surface area (Å²) in [6, 6.07) is 11.5. The van der Waals surface area contributed by atoms with E-state index in [0.29, 0.717) is 17.0 Å². The van der Waals surface area contributed by atoms with Crippen LogP contribution in [0.3, 0.4) is 0 Å². The van der Waals surface area contributed by atoms with Gasteiger partial charge in [0.15, 0.2) is 6.61 Å². The Bertz CT molecular complexity index is 950. The van der Waals surface area contributed by atoms with Gasteiger partial charge in [-0.1, -0.05) is 41.4 Å². The Morgan fingerprint density at radius 1 is 1.10 bits per heavy atom. The molecule has 2 aromatic carbocycles. The third-order valence-corrected chi connectivity index (χ3v) is 4.29. The van der Waals surface area contributed by atoms with Crippen LogP contribution in [0.25, 0.3) is 0 Å². The molecule has 10 heteroatoms. The number of nitrogens with one attached hydrogen (secondary N) is 2. The highest BCUT2D eigenvalue weighted by molar-refractivity contribution is 6.44. The first kappa shape index (κ1) is 23.2. The molecule has 0 aliphatic carbocycles. The summed E-state index contributed by atoms with van der Waals surface area (Å²) in [6.07, 6.45) is 0.920. The lowest BCUT2D eigenvalue weighted by Crippen LogP contribution is -2.24. The summed E-state index contributed by atoms with van der Waals surface area (Å²) >= 11 is 11.9. The third kappa shape index (κ3) is 7.73. The van der Waals surface area contributed by atoms with Crippen molar-refractivity contribution in [2.24, 2.45) is 5.10 Å². The van der Waals surface area contributed by atoms with Crippen molar-refractivity contribution < 1.29 is 23.9 Å². The van der Waals surface area contributed by atoms with Crippen LogP contribution in [-0.4, -0.2) is 37.2 Å². The number of benzene rings is 2. The zero-order valence-corrected chi connectivity index (χ0v) is 17.5. The molecule has 2 aromatic rings. The van der Waals surface area contributed by atoms with Gasteiger partial charge in [0.25, 0.3) is 0 Å². The number of halogens is 2. The maximum atomic E-state index is 12.0. The molecule has 0 saturated heterocycles. The molecule has 0 bridgehead atoms. The molecule has 0 aliphatic heterocycles. The van der Waals surface area contributed by atoms with E-state index in [-0.39, 0.29) is 23.3 Å².